The molecule has 0 aliphatic heterocycles. The van der Waals surface area contributed by atoms with Crippen LogP contribution in [0.2, 0.25) is 0 Å². The number of anilines is 1. The van der Waals surface area contributed by atoms with Crippen molar-refractivity contribution in [1.82, 2.24) is 9.38 Å². The van der Waals surface area contributed by atoms with Gasteiger partial charge in [0.2, 0.25) is 5.91 Å². The van der Waals surface area contributed by atoms with Gasteiger partial charge in [0.1, 0.15) is 22.9 Å². The quantitative estimate of drug-likeness (QED) is 0.514. The van der Waals surface area contributed by atoms with Crippen molar-refractivity contribution < 1.29 is 9.53 Å². The fourth-order valence-electron chi connectivity index (χ4n) is 3.31. The van der Waals surface area contributed by atoms with Gasteiger partial charge in [-0.05, 0) is 60.9 Å². The van der Waals surface area contributed by atoms with E-state index in [9.17, 15) is 4.79 Å². The number of hydrogen-bond acceptors (Lipinski definition) is 3. The summed E-state index contributed by atoms with van der Waals surface area (Å²) in [7, 11) is 1.64. The van der Waals surface area contributed by atoms with Crippen LogP contribution in [-0.2, 0) is 11.2 Å². The van der Waals surface area contributed by atoms with E-state index in [1.54, 1.807) is 7.11 Å². The smallest absolute Gasteiger partial charge is 0.225 e. The molecule has 0 spiro atoms. The number of aromatic nitrogens is 2. The number of rotatable bonds is 6. The average Bonchev–Trinajstić information content (AvgIpc) is 3.10. The Labute approximate surface area is 170 Å². The van der Waals surface area contributed by atoms with Crippen LogP contribution in [0.1, 0.15) is 17.5 Å². The first-order chi connectivity index (χ1) is 14.1. The van der Waals surface area contributed by atoms with Crippen LogP contribution < -0.4 is 10.1 Å². The third-order valence-electron chi connectivity index (χ3n) is 4.89. The first-order valence-corrected chi connectivity index (χ1v) is 9.61. The molecule has 0 saturated carbocycles. The second-order valence-electron chi connectivity index (χ2n) is 7.00. The SMILES string of the molecule is COc1ccc(-c2nc3cc(C)ccn3c2NC(=O)CCc2ccccc2)cc1. The Kier molecular flexibility index (Phi) is 5.29. The van der Waals surface area contributed by atoms with Gasteiger partial charge < -0.3 is 10.1 Å². The molecule has 29 heavy (non-hydrogen) atoms. The van der Waals surface area contributed by atoms with E-state index in [4.69, 9.17) is 9.72 Å². The van der Waals surface area contributed by atoms with Gasteiger partial charge in [-0.1, -0.05) is 30.3 Å². The number of aryl methyl sites for hydroxylation is 2. The summed E-state index contributed by atoms with van der Waals surface area (Å²) in [6.45, 7) is 2.03. The number of carbonyl (C=O) groups is 1. The van der Waals surface area contributed by atoms with E-state index in [1.165, 1.54) is 0 Å². The number of nitrogens with one attached hydrogen (secondary N) is 1. The van der Waals surface area contributed by atoms with E-state index in [1.807, 2.05) is 84.3 Å². The molecule has 4 rings (SSSR count). The second-order valence-corrected chi connectivity index (χ2v) is 7.00. The lowest BCUT2D eigenvalue weighted by Crippen LogP contribution is -2.14. The number of benzene rings is 2. The highest BCUT2D eigenvalue weighted by atomic mass is 16.5. The minimum absolute atomic E-state index is 0.0361. The van der Waals surface area contributed by atoms with E-state index in [-0.39, 0.29) is 5.91 Å². The van der Waals surface area contributed by atoms with Crippen molar-refractivity contribution in [3.05, 3.63) is 84.1 Å². The number of ether oxygens (including phenoxy) is 1. The summed E-state index contributed by atoms with van der Waals surface area (Å²) in [6.07, 6.45) is 3.04. The Hall–Kier alpha value is -3.60. The summed E-state index contributed by atoms with van der Waals surface area (Å²) in [5, 5.41) is 3.08. The van der Waals surface area contributed by atoms with Crippen LogP contribution in [0, 0.1) is 6.92 Å². The molecular formula is C24H23N3O2. The summed E-state index contributed by atoms with van der Waals surface area (Å²) in [5.74, 6) is 1.43. The molecule has 1 amide bonds. The molecule has 0 atom stereocenters. The maximum absolute atomic E-state index is 12.7. The van der Waals surface area contributed by atoms with Crippen molar-refractivity contribution in [3.8, 4) is 17.0 Å². The third kappa shape index (κ3) is 4.14. The molecule has 2 heterocycles. The maximum atomic E-state index is 12.7. The highest BCUT2D eigenvalue weighted by Crippen LogP contribution is 2.30. The molecule has 0 saturated heterocycles. The molecule has 0 bridgehead atoms. The highest BCUT2D eigenvalue weighted by molar-refractivity contribution is 5.94. The van der Waals surface area contributed by atoms with Crippen LogP contribution in [0.15, 0.2) is 72.9 Å². The zero-order chi connectivity index (χ0) is 20.2. The molecule has 0 radical (unpaired) electrons. The van der Waals surface area contributed by atoms with E-state index >= 15 is 0 Å². The molecule has 0 aliphatic rings. The second kappa shape index (κ2) is 8.19. The molecule has 0 unspecified atom stereocenters. The Morgan fingerprint density at radius 2 is 1.83 bits per heavy atom. The van der Waals surface area contributed by atoms with Gasteiger partial charge in [0.15, 0.2) is 0 Å². The molecular weight excluding hydrogens is 362 g/mol. The van der Waals surface area contributed by atoms with Gasteiger partial charge >= 0.3 is 0 Å². The van der Waals surface area contributed by atoms with Crippen LogP contribution in [-0.4, -0.2) is 22.4 Å². The zero-order valence-electron chi connectivity index (χ0n) is 16.6. The van der Waals surface area contributed by atoms with Gasteiger partial charge in [-0.15, -0.1) is 0 Å². The van der Waals surface area contributed by atoms with Crippen molar-refractivity contribution >= 4 is 17.4 Å². The molecule has 2 aromatic heterocycles. The van der Waals surface area contributed by atoms with Gasteiger partial charge in [0.25, 0.3) is 0 Å². The largest absolute Gasteiger partial charge is 0.497 e. The van der Waals surface area contributed by atoms with E-state index < -0.39 is 0 Å². The normalized spacial score (nSPS) is 10.8. The summed E-state index contributed by atoms with van der Waals surface area (Å²) in [6, 6.07) is 21.7. The molecule has 4 aromatic rings. The Morgan fingerprint density at radius 1 is 1.07 bits per heavy atom. The summed E-state index contributed by atoms with van der Waals surface area (Å²) >= 11 is 0. The number of fused-ring (bicyclic) bond motifs is 1. The summed E-state index contributed by atoms with van der Waals surface area (Å²) in [5.41, 5.74) is 4.73. The van der Waals surface area contributed by atoms with Crippen LogP contribution in [0.25, 0.3) is 16.9 Å². The predicted octanol–water partition coefficient (Wildman–Crippen LogP) is 4.89. The van der Waals surface area contributed by atoms with Gasteiger partial charge in [-0.3, -0.25) is 9.20 Å². The van der Waals surface area contributed by atoms with E-state index in [0.29, 0.717) is 18.7 Å². The summed E-state index contributed by atoms with van der Waals surface area (Å²) in [4.78, 5) is 17.5. The van der Waals surface area contributed by atoms with Crippen molar-refractivity contribution in [1.29, 1.82) is 0 Å². The van der Waals surface area contributed by atoms with E-state index in [0.717, 1.165) is 33.8 Å². The zero-order valence-corrected chi connectivity index (χ0v) is 16.6. The lowest BCUT2D eigenvalue weighted by Gasteiger charge is -2.09. The molecule has 5 nitrogen and oxygen atoms in total. The average molecular weight is 385 g/mol. The first-order valence-electron chi connectivity index (χ1n) is 9.61. The van der Waals surface area contributed by atoms with E-state index in [2.05, 4.69) is 5.32 Å². The Balaban J connectivity index is 1.64. The first kappa shape index (κ1) is 18.7. The van der Waals surface area contributed by atoms with Crippen LogP contribution >= 0.6 is 0 Å². The van der Waals surface area contributed by atoms with Crippen LogP contribution in [0.5, 0.6) is 5.75 Å². The number of amides is 1. The number of nitrogens with zero attached hydrogens (tertiary/aromatic N) is 2. The van der Waals surface area contributed by atoms with Crippen molar-refractivity contribution in [3.63, 3.8) is 0 Å². The lowest BCUT2D eigenvalue weighted by molar-refractivity contribution is -0.116. The maximum Gasteiger partial charge on any atom is 0.225 e. The fraction of sp³-hybridized carbons (Fsp3) is 0.167. The third-order valence-corrected chi connectivity index (χ3v) is 4.89. The van der Waals surface area contributed by atoms with Gasteiger partial charge in [-0.2, -0.15) is 0 Å². The lowest BCUT2D eigenvalue weighted by atomic mass is 10.1. The number of pyridine rings is 1. The predicted molar refractivity (Wildman–Crippen MR) is 115 cm³/mol. The Morgan fingerprint density at radius 3 is 2.55 bits per heavy atom. The topological polar surface area (TPSA) is 55.6 Å². The van der Waals surface area contributed by atoms with Crippen molar-refractivity contribution in [2.75, 3.05) is 12.4 Å². The van der Waals surface area contributed by atoms with Crippen LogP contribution in [0.3, 0.4) is 0 Å². The highest BCUT2D eigenvalue weighted by Gasteiger charge is 2.17. The molecule has 0 fully saturated rings. The van der Waals surface area contributed by atoms with Gasteiger partial charge in [0, 0.05) is 18.2 Å². The Bertz CT molecular complexity index is 1130. The molecule has 2 aromatic carbocycles. The number of methoxy groups -OCH3 is 1. The van der Waals surface area contributed by atoms with Crippen LogP contribution in [0.4, 0.5) is 5.82 Å². The van der Waals surface area contributed by atoms with Gasteiger partial charge in [-0.25, -0.2) is 4.98 Å². The molecule has 5 heteroatoms. The number of carbonyl (C=O) groups excluding carboxylic acids is 1. The molecule has 0 aliphatic carbocycles. The minimum atomic E-state index is -0.0361. The monoisotopic (exact) mass is 385 g/mol. The summed E-state index contributed by atoms with van der Waals surface area (Å²) < 4.78 is 7.18. The fourth-order valence-corrected chi connectivity index (χ4v) is 3.31. The van der Waals surface area contributed by atoms with Crippen molar-refractivity contribution in [2.24, 2.45) is 0 Å². The standard InChI is InChI=1S/C24H23N3O2/c1-17-14-15-27-21(16-17)25-23(19-9-11-20(29-2)12-10-19)24(27)26-22(28)13-8-18-6-4-3-5-7-18/h3-7,9-12,14-16H,8,13H2,1-2H3,(H,26,28). The van der Waals surface area contributed by atoms with Crippen molar-refractivity contribution in [2.45, 2.75) is 19.8 Å². The van der Waals surface area contributed by atoms with Gasteiger partial charge in [0.05, 0.1) is 7.11 Å². The number of hydrogen-bond donors (Lipinski definition) is 1. The number of imidazole rings is 1. The molecule has 146 valence electrons. The molecule has 1 N–H and O–H groups in total. The minimum Gasteiger partial charge on any atom is -0.497 e.